The van der Waals surface area contributed by atoms with Gasteiger partial charge in [-0.15, -0.1) is 0 Å². The van der Waals surface area contributed by atoms with Crippen LogP contribution in [0.1, 0.15) is 393 Å². The van der Waals surface area contributed by atoms with Gasteiger partial charge in [-0.3, -0.25) is 9.59 Å². The SMILES string of the molecule is CCCCCCCCCCCCCCCCCCCCC/C=C/C(O)C(CO)NC(=O)CCCCCCCCCCCCCCCCCCCCCCCCCCCOC(=O)CCCCCCCCCCCCCC. The second-order valence-electron chi connectivity index (χ2n) is 23.9. The minimum atomic E-state index is -0.843. The Morgan fingerprint density at radius 1 is 0.360 bits per heavy atom. The van der Waals surface area contributed by atoms with E-state index in [9.17, 15) is 19.8 Å². The largest absolute Gasteiger partial charge is 0.466 e. The third-order valence-corrected chi connectivity index (χ3v) is 16.3. The highest BCUT2D eigenvalue weighted by atomic mass is 16.5. The van der Waals surface area contributed by atoms with Gasteiger partial charge in [0.15, 0.2) is 0 Å². The molecule has 0 aromatic carbocycles. The Kier molecular flexibility index (Phi) is 63.9. The fraction of sp³-hybridized carbons (Fsp3) is 0.942. The molecule has 2 atom stereocenters. The topological polar surface area (TPSA) is 95.9 Å². The number of allylic oxidation sites excluding steroid dienone is 1. The van der Waals surface area contributed by atoms with Gasteiger partial charge >= 0.3 is 5.97 Å². The van der Waals surface area contributed by atoms with Crippen LogP contribution in [0.2, 0.25) is 0 Å². The van der Waals surface area contributed by atoms with E-state index in [1.807, 2.05) is 6.08 Å². The van der Waals surface area contributed by atoms with E-state index >= 15 is 0 Å². The van der Waals surface area contributed by atoms with Crippen LogP contribution in [0.3, 0.4) is 0 Å². The molecule has 0 spiro atoms. The summed E-state index contributed by atoms with van der Waals surface area (Å²) in [6, 6.07) is -0.627. The lowest BCUT2D eigenvalue weighted by molar-refractivity contribution is -0.143. The van der Waals surface area contributed by atoms with Gasteiger partial charge in [0.1, 0.15) is 0 Å². The van der Waals surface area contributed by atoms with E-state index in [1.54, 1.807) is 6.08 Å². The Bertz CT molecular complexity index is 1130. The smallest absolute Gasteiger partial charge is 0.305 e. The van der Waals surface area contributed by atoms with Crippen LogP contribution in [0.5, 0.6) is 0 Å². The number of hydrogen-bond acceptors (Lipinski definition) is 5. The minimum absolute atomic E-state index is 0.0176. The number of esters is 1. The molecule has 0 aliphatic heterocycles. The van der Waals surface area contributed by atoms with Crippen molar-refractivity contribution in [2.75, 3.05) is 13.2 Å². The molecule has 0 aromatic rings. The molecule has 0 heterocycles. The van der Waals surface area contributed by atoms with Gasteiger partial charge in [-0.1, -0.05) is 360 Å². The number of aliphatic hydroxyl groups is 2. The van der Waals surface area contributed by atoms with Crippen molar-refractivity contribution in [3.63, 3.8) is 0 Å². The van der Waals surface area contributed by atoms with E-state index < -0.39 is 12.1 Å². The van der Waals surface area contributed by atoms with Gasteiger partial charge in [-0.25, -0.2) is 0 Å². The number of hydrogen-bond donors (Lipinski definition) is 3. The molecule has 0 rings (SSSR count). The average molecular weight is 1060 g/mol. The first-order valence-corrected chi connectivity index (χ1v) is 34.5. The molecule has 2 unspecified atom stereocenters. The molecule has 75 heavy (non-hydrogen) atoms. The van der Waals surface area contributed by atoms with Crippen LogP contribution in [-0.2, 0) is 14.3 Å². The van der Waals surface area contributed by atoms with Crippen LogP contribution in [-0.4, -0.2) is 47.4 Å². The summed E-state index contributed by atoms with van der Waals surface area (Å²) in [5.41, 5.74) is 0. The van der Waals surface area contributed by atoms with E-state index in [0.717, 1.165) is 38.5 Å². The molecule has 0 saturated heterocycles. The van der Waals surface area contributed by atoms with Crippen molar-refractivity contribution in [3.05, 3.63) is 12.2 Å². The molecular formula is C69H135NO5. The third-order valence-electron chi connectivity index (χ3n) is 16.3. The lowest BCUT2D eigenvalue weighted by atomic mass is 10.0. The van der Waals surface area contributed by atoms with Crippen LogP contribution in [0.15, 0.2) is 12.2 Å². The van der Waals surface area contributed by atoms with Gasteiger partial charge in [0.25, 0.3) is 0 Å². The monoisotopic (exact) mass is 1060 g/mol. The predicted octanol–water partition coefficient (Wildman–Crippen LogP) is 22.0. The number of unbranched alkanes of at least 4 members (excludes halogenated alkanes) is 54. The number of carbonyl (C=O) groups excluding carboxylic acids is 2. The van der Waals surface area contributed by atoms with Crippen LogP contribution < -0.4 is 5.32 Å². The number of amides is 1. The minimum Gasteiger partial charge on any atom is -0.466 e. The Labute approximate surface area is 469 Å². The lowest BCUT2D eigenvalue weighted by Gasteiger charge is -2.20. The number of aliphatic hydroxyl groups excluding tert-OH is 2. The molecule has 0 bridgehead atoms. The fourth-order valence-electron chi connectivity index (χ4n) is 11.1. The molecule has 3 N–H and O–H groups in total. The zero-order valence-electron chi connectivity index (χ0n) is 51.1. The Morgan fingerprint density at radius 2 is 0.613 bits per heavy atom. The zero-order valence-corrected chi connectivity index (χ0v) is 51.1. The molecule has 0 aromatic heterocycles. The summed E-state index contributed by atoms with van der Waals surface area (Å²) >= 11 is 0. The molecular weight excluding hydrogens is 923 g/mol. The number of ether oxygens (including phenoxy) is 1. The first-order chi connectivity index (χ1) is 37.0. The standard InChI is InChI=1S/C69H135NO5/c1-3-5-7-9-11-13-15-17-18-19-20-26-29-32-35-38-41-45-49-53-57-61-67(72)66(65-71)70-68(73)62-58-54-50-46-42-39-36-33-30-27-24-22-21-23-25-28-31-34-37-40-44-48-52-56-60-64-75-69(74)63-59-55-51-47-43-16-14-12-10-8-6-4-2/h57,61,66-67,71-72H,3-56,58-60,62-65H2,1-2H3,(H,70,73)/b61-57+. The Balaban J connectivity index is 3.39. The fourth-order valence-corrected chi connectivity index (χ4v) is 11.1. The highest BCUT2D eigenvalue weighted by Gasteiger charge is 2.18. The molecule has 1 amide bonds. The Morgan fingerprint density at radius 3 is 0.907 bits per heavy atom. The van der Waals surface area contributed by atoms with Crippen molar-refractivity contribution in [1.82, 2.24) is 5.32 Å². The first kappa shape index (κ1) is 73.6. The summed E-state index contributed by atoms with van der Waals surface area (Å²) in [6.45, 7) is 4.94. The Hall–Kier alpha value is -1.40. The number of rotatable bonds is 65. The highest BCUT2D eigenvalue weighted by molar-refractivity contribution is 5.76. The summed E-state index contributed by atoms with van der Waals surface area (Å²) in [5.74, 6) is -0.0442. The zero-order chi connectivity index (χ0) is 54.3. The van der Waals surface area contributed by atoms with Gasteiger partial charge < -0.3 is 20.3 Å². The van der Waals surface area contributed by atoms with E-state index in [-0.39, 0.29) is 18.5 Å². The summed E-state index contributed by atoms with van der Waals surface area (Å²) < 4.78 is 5.48. The molecule has 6 nitrogen and oxygen atoms in total. The number of carbonyl (C=O) groups is 2. The second-order valence-corrected chi connectivity index (χ2v) is 23.9. The normalized spacial score (nSPS) is 12.5. The summed E-state index contributed by atoms with van der Waals surface area (Å²) in [6.07, 6.45) is 80.0. The van der Waals surface area contributed by atoms with Crippen molar-refractivity contribution in [3.8, 4) is 0 Å². The second kappa shape index (κ2) is 65.1. The number of nitrogens with one attached hydrogen (secondary N) is 1. The molecule has 446 valence electrons. The van der Waals surface area contributed by atoms with Gasteiger partial charge in [-0.05, 0) is 32.1 Å². The van der Waals surface area contributed by atoms with E-state index in [1.165, 1.54) is 327 Å². The van der Waals surface area contributed by atoms with Gasteiger partial charge in [0.05, 0.1) is 25.4 Å². The van der Waals surface area contributed by atoms with Crippen molar-refractivity contribution < 1.29 is 24.5 Å². The molecule has 0 saturated carbocycles. The average Bonchev–Trinajstić information content (AvgIpc) is 3.41. The van der Waals surface area contributed by atoms with Crippen molar-refractivity contribution in [1.29, 1.82) is 0 Å². The van der Waals surface area contributed by atoms with E-state index in [2.05, 4.69) is 19.2 Å². The third kappa shape index (κ3) is 61.7. The first-order valence-electron chi connectivity index (χ1n) is 34.5. The van der Waals surface area contributed by atoms with Crippen molar-refractivity contribution in [2.45, 2.75) is 405 Å². The van der Waals surface area contributed by atoms with E-state index in [4.69, 9.17) is 4.74 Å². The maximum absolute atomic E-state index is 12.5. The van der Waals surface area contributed by atoms with Gasteiger partial charge in [0.2, 0.25) is 5.91 Å². The summed E-state index contributed by atoms with van der Waals surface area (Å²) in [5, 5.41) is 23.2. The van der Waals surface area contributed by atoms with Crippen molar-refractivity contribution >= 4 is 11.9 Å². The van der Waals surface area contributed by atoms with Crippen LogP contribution in [0.4, 0.5) is 0 Å². The quantitative estimate of drug-likeness (QED) is 0.0320. The molecule has 0 fully saturated rings. The summed E-state index contributed by atoms with van der Waals surface area (Å²) in [4.78, 5) is 24.5. The van der Waals surface area contributed by atoms with Crippen LogP contribution in [0, 0.1) is 0 Å². The maximum Gasteiger partial charge on any atom is 0.305 e. The van der Waals surface area contributed by atoms with Crippen molar-refractivity contribution in [2.24, 2.45) is 0 Å². The predicted molar refractivity (Wildman–Crippen MR) is 329 cm³/mol. The van der Waals surface area contributed by atoms with E-state index in [0.29, 0.717) is 19.4 Å². The van der Waals surface area contributed by atoms with Gasteiger partial charge in [-0.2, -0.15) is 0 Å². The van der Waals surface area contributed by atoms with Crippen LogP contribution >= 0.6 is 0 Å². The maximum atomic E-state index is 12.5. The van der Waals surface area contributed by atoms with Gasteiger partial charge in [0, 0.05) is 12.8 Å². The highest BCUT2D eigenvalue weighted by Crippen LogP contribution is 2.19. The molecule has 0 aliphatic rings. The van der Waals surface area contributed by atoms with Crippen LogP contribution in [0.25, 0.3) is 0 Å². The lowest BCUT2D eigenvalue weighted by Crippen LogP contribution is -2.45. The summed E-state index contributed by atoms with van der Waals surface area (Å²) in [7, 11) is 0. The molecule has 0 aliphatic carbocycles. The molecule has 6 heteroatoms. The molecule has 0 radical (unpaired) electrons.